The Kier molecular flexibility index (Phi) is 10.8. The van der Waals surface area contributed by atoms with Gasteiger partial charge in [-0.05, 0) is 147 Å². The van der Waals surface area contributed by atoms with Gasteiger partial charge < -0.3 is 9.47 Å². The van der Waals surface area contributed by atoms with Crippen molar-refractivity contribution in [2.75, 3.05) is 4.90 Å². The molecule has 0 bridgehead atoms. The number of para-hydroxylation sites is 4. The van der Waals surface area contributed by atoms with Crippen LogP contribution in [0.2, 0.25) is 0 Å². The number of aromatic nitrogens is 1. The minimum absolute atomic E-state index is 0.273. The molecule has 1 aromatic heterocycles. The first-order valence-corrected chi connectivity index (χ1v) is 26.6. The van der Waals surface area contributed by atoms with Gasteiger partial charge in [0, 0.05) is 38.7 Å². The van der Waals surface area contributed by atoms with E-state index in [2.05, 4.69) is 271 Å². The Labute approximate surface area is 434 Å². The van der Waals surface area contributed by atoms with Crippen molar-refractivity contribution >= 4 is 49.6 Å². The molecule has 0 saturated heterocycles. The molecule has 0 N–H and O–H groups in total. The van der Waals surface area contributed by atoms with E-state index in [-0.39, 0.29) is 5.41 Å². The van der Waals surface area contributed by atoms with Gasteiger partial charge in [0.25, 0.3) is 0 Å². The van der Waals surface area contributed by atoms with Gasteiger partial charge in [0.05, 0.1) is 22.4 Å². The first kappa shape index (κ1) is 44.0. The molecule has 2 heteroatoms. The summed E-state index contributed by atoms with van der Waals surface area (Å²) >= 11 is 0. The number of hydrogen-bond donors (Lipinski definition) is 0. The summed E-state index contributed by atoms with van der Waals surface area (Å²) < 4.78 is 2.40. The number of anilines is 3. The van der Waals surface area contributed by atoms with Crippen molar-refractivity contribution in [2.45, 2.75) is 50.4 Å². The Bertz CT molecular complexity index is 4060. The zero-order valence-electron chi connectivity index (χ0n) is 41.8. The third kappa shape index (κ3) is 7.07. The van der Waals surface area contributed by atoms with Crippen LogP contribution in [0.15, 0.2) is 255 Å². The van der Waals surface area contributed by atoms with Crippen LogP contribution in [0.25, 0.3) is 82.8 Å². The van der Waals surface area contributed by atoms with Crippen LogP contribution < -0.4 is 4.90 Å². The van der Waals surface area contributed by atoms with Crippen molar-refractivity contribution in [1.29, 1.82) is 0 Å². The summed E-state index contributed by atoms with van der Waals surface area (Å²) in [5, 5.41) is 5.17. The van der Waals surface area contributed by atoms with E-state index in [9.17, 15) is 0 Å². The number of benzene rings is 11. The molecule has 2 aliphatic carbocycles. The van der Waals surface area contributed by atoms with Gasteiger partial charge in [-0.15, -0.1) is 0 Å². The molecular weight excluding hydrogens is 893 g/mol. The van der Waals surface area contributed by atoms with E-state index in [1.165, 1.54) is 131 Å². The fourth-order valence-corrected chi connectivity index (χ4v) is 13.2. The summed E-state index contributed by atoms with van der Waals surface area (Å²) in [5.74, 6) is 0.560. The maximum absolute atomic E-state index is 2.53. The molecule has 0 amide bonds. The molecule has 2 aliphatic rings. The van der Waals surface area contributed by atoms with Crippen LogP contribution in [0.5, 0.6) is 0 Å². The predicted molar refractivity (Wildman–Crippen MR) is 313 cm³/mol. The van der Waals surface area contributed by atoms with E-state index in [0.29, 0.717) is 5.92 Å². The summed E-state index contributed by atoms with van der Waals surface area (Å²) in [6, 6.07) is 95.2. The third-order valence-electron chi connectivity index (χ3n) is 16.7. The molecule has 1 saturated carbocycles. The molecule has 1 unspecified atom stereocenters. The maximum atomic E-state index is 2.53. The van der Waals surface area contributed by atoms with Crippen LogP contribution in [-0.4, -0.2) is 4.57 Å². The lowest BCUT2D eigenvalue weighted by Crippen LogP contribution is -2.22. The molecule has 1 heterocycles. The zero-order chi connectivity index (χ0) is 49.2. The minimum atomic E-state index is -0.273. The van der Waals surface area contributed by atoms with Crippen molar-refractivity contribution in [2.24, 2.45) is 0 Å². The second-order valence-corrected chi connectivity index (χ2v) is 20.7. The summed E-state index contributed by atoms with van der Waals surface area (Å²) in [7, 11) is 0. The van der Waals surface area contributed by atoms with Crippen molar-refractivity contribution in [1.82, 2.24) is 4.57 Å². The molecule has 1 fully saturated rings. The van der Waals surface area contributed by atoms with Crippen molar-refractivity contribution in [3.63, 3.8) is 0 Å². The third-order valence-corrected chi connectivity index (χ3v) is 16.7. The van der Waals surface area contributed by atoms with E-state index in [1.807, 2.05) is 0 Å². The number of hydrogen-bond acceptors (Lipinski definition) is 1. The smallest absolute Gasteiger partial charge is 0.0541 e. The summed E-state index contributed by atoms with van der Waals surface area (Å²) in [6.07, 6.45) is 6.42. The molecule has 14 rings (SSSR count). The van der Waals surface area contributed by atoms with Crippen LogP contribution in [0, 0.1) is 0 Å². The lowest BCUT2D eigenvalue weighted by atomic mass is 9.74. The van der Waals surface area contributed by atoms with Crippen molar-refractivity contribution < 1.29 is 0 Å². The van der Waals surface area contributed by atoms with Gasteiger partial charge in [-0.1, -0.05) is 219 Å². The van der Waals surface area contributed by atoms with Gasteiger partial charge in [0.15, 0.2) is 0 Å². The van der Waals surface area contributed by atoms with Gasteiger partial charge in [-0.25, -0.2) is 0 Å². The van der Waals surface area contributed by atoms with Crippen molar-refractivity contribution in [3.05, 3.63) is 277 Å². The van der Waals surface area contributed by atoms with Crippen LogP contribution in [0.4, 0.5) is 17.1 Å². The van der Waals surface area contributed by atoms with E-state index < -0.39 is 0 Å². The summed E-state index contributed by atoms with van der Waals surface area (Å²) in [5.41, 5.74) is 22.1. The quantitative estimate of drug-likeness (QED) is 0.140. The lowest BCUT2D eigenvalue weighted by Gasteiger charge is -2.31. The highest BCUT2D eigenvalue weighted by atomic mass is 15.1. The molecular formula is C72H56N2. The lowest BCUT2D eigenvalue weighted by molar-refractivity contribution is 0.445. The first-order valence-electron chi connectivity index (χ1n) is 26.6. The van der Waals surface area contributed by atoms with E-state index in [4.69, 9.17) is 0 Å². The maximum Gasteiger partial charge on any atom is 0.0541 e. The fraction of sp³-hybridized carbons (Fsp3) is 0.111. The molecule has 354 valence electrons. The average Bonchev–Trinajstić information content (AvgIpc) is 3.97. The summed E-state index contributed by atoms with van der Waals surface area (Å²) in [6.45, 7) is 2.40. The molecule has 0 aliphatic heterocycles. The minimum Gasteiger partial charge on any atom is -0.309 e. The van der Waals surface area contributed by atoms with Gasteiger partial charge in [0.2, 0.25) is 0 Å². The highest BCUT2D eigenvalue weighted by molar-refractivity contribution is 6.11. The van der Waals surface area contributed by atoms with Crippen LogP contribution in [0.3, 0.4) is 0 Å². The Morgan fingerprint density at radius 1 is 0.419 bits per heavy atom. The first-order chi connectivity index (χ1) is 36.6. The fourth-order valence-electron chi connectivity index (χ4n) is 13.2. The van der Waals surface area contributed by atoms with E-state index in [1.54, 1.807) is 0 Å². The molecule has 0 spiro atoms. The predicted octanol–water partition coefficient (Wildman–Crippen LogP) is 19.8. The van der Waals surface area contributed by atoms with Gasteiger partial charge in [-0.2, -0.15) is 0 Å². The van der Waals surface area contributed by atoms with E-state index >= 15 is 0 Å². The largest absolute Gasteiger partial charge is 0.309 e. The molecule has 11 aromatic carbocycles. The van der Waals surface area contributed by atoms with Crippen LogP contribution in [0.1, 0.15) is 67.2 Å². The van der Waals surface area contributed by atoms with Gasteiger partial charge >= 0.3 is 0 Å². The second-order valence-electron chi connectivity index (χ2n) is 20.7. The monoisotopic (exact) mass is 948 g/mol. The Morgan fingerprint density at radius 3 is 1.80 bits per heavy atom. The second kappa shape index (κ2) is 18.1. The summed E-state index contributed by atoms with van der Waals surface area (Å²) in [4.78, 5) is 2.53. The highest BCUT2D eigenvalue weighted by Gasteiger charge is 2.41. The highest BCUT2D eigenvalue weighted by Crippen LogP contribution is 2.56. The average molecular weight is 949 g/mol. The number of fused-ring (bicyclic) bond motifs is 7. The molecule has 12 aromatic rings. The Balaban J connectivity index is 0.967. The molecule has 74 heavy (non-hydrogen) atoms. The van der Waals surface area contributed by atoms with Crippen LogP contribution in [-0.2, 0) is 5.41 Å². The van der Waals surface area contributed by atoms with E-state index in [0.717, 1.165) is 22.7 Å². The van der Waals surface area contributed by atoms with Crippen LogP contribution >= 0.6 is 0 Å². The topological polar surface area (TPSA) is 8.17 Å². The Hall–Kier alpha value is -8.72. The van der Waals surface area contributed by atoms with Gasteiger partial charge in [0.1, 0.15) is 0 Å². The SMILES string of the molecule is CC1(c2ccccc2)c2ccccc2-c2c(-c3ccc(N(c4ccccc4-c4ccc5c(c4)c4ccccc4n5-c4ccccc4)c4ccccc4-c4cccc5cccc(C6CCCCC6)c45)cc3)cccc21. The zero-order valence-corrected chi connectivity index (χ0v) is 41.8. The Morgan fingerprint density at radius 2 is 1.00 bits per heavy atom. The standard InChI is InChI=1S/C72H56N2/c1-72(53-26-7-3-8-27-53)64-37-15-11-33-62(64)71-58(35-21-38-65(71)72)50-42-45-55(46-43-50)74(67-40-17-13-31-59(67)61-36-20-25-51-24-19-34-57(70(51)61)49-22-5-2-6-23-49)66-39-16-12-30-56(66)52-44-47-69-63(48-52)60-32-14-18-41-68(60)73(69)54-28-9-4-10-29-54/h3-4,7-21,24-49H,2,5-6,22-23H2,1H3. The molecule has 1 atom stereocenters. The normalized spacial score (nSPS) is 15.4. The molecule has 2 nitrogen and oxygen atoms in total. The van der Waals surface area contributed by atoms with Crippen molar-refractivity contribution in [3.8, 4) is 50.2 Å². The number of rotatable bonds is 9. The number of nitrogens with zero attached hydrogens (tertiary/aromatic N) is 2. The van der Waals surface area contributed by atoms with Gasteiger partial charge in [-0.3, -0.25) is 0 Å². The molecule has 0 radical (unpaired) electrons.